The van der Waals surface area contributed by atoms with Crippen LogP contribution in [0.2, 0.25) is 0 Å². The predicted octanol–water partition coefficient (Wildman–Crippen LogP) is 4.44. The first-order chi connectivity index (χ1) is 16.7. The van der Waals surface area contributed by atoms with Crippen molar-refractivity contribution in [2.45, 2.75) is 58.3 Å². The van der Waals surface area contributed by atoms with Gasteiger partial charge >= 0.3 is 6.01 Å². The van der Waals surface area contributed by atoms with Crippen LogP contribution in [0.1, 0.15) is 56.6 Å². The van der Waals surface area contributed by atoms with Gasteiger partial charge < -0.3 is 8.98 Å². The zero-order valence-electron chi connectivity index (χ0n) is 20.9. The topological polar surface area (TPSA) is 107 Å². The molecule has 3 aromatic heterocycles. The van der Waals surface area contributed by atoms with Gasteiger partial charge in [0.25, 0.3) is 10.0 Å². The second kappa shape index (κ2) is 10.2. The molecule has 0 fully saturated rings. The van der Waals surface area contributed by atoms with Crippen LogP contribution in [-0.2, 0) is 29.9 Å². The Kier molecular flexibility index (Phi) is 7.20. The number of benzene rings is 1. The molecule has 0 bridgehead atoms. The minimum atomic E-state index is -3.87. The Hall–Kier alpha value is -3.27. The molecule has 0 amide bonds. The monoisotopic (exact) mass is 496 g/mol. The Morgan fingerprint density at radius 3 is 2.54 bits per heavy atom. The molecule has 0 atom stereocenters. The van der Waals surface area contributed by atoms with Crippen molar-refractivity contribution < 1.29 is 12.8 Å². The van der Waals surface area contributed by atoms with Crippen molar-refractivity contribution >= 4 is 27.1 Å². The maximum absolute atomic E-state index is 13.6. The lowest BCUT2D eigenvalue weighted by Crippen LogP contribution is -2.33. The van der Waals surface area contributed by atoms with Gasteiger partial charge in [0.15, 0.2) is 0 Å². The molecule has 0 aliphatic carbocycles. The number of hydrogen-bond acceptors (Lipinski definition) is 7. The Morgan fingerprint density at radius 1 is 1.11 bits per heavy atom. The van der Waals surface area contributed by atoms with Crippen molar-refractivity contribution in [1.82, 2.24) is 24.7 Å². The van der Waals surface area contributed by atoms with E-state index in [2.05, 4.69) is 20.2 Å². The normalized spacial score (nSPS) is 12.1. The van der Waals surface area contributed by atoms with Gasteiger partial charge in [-0.2, -0.15) is 0 Å². The summed E-state index contributed by atoms with van der Waals surface area (Å²) in [5.74, 6) is 1.67. The molecule has 0 N–H and O–H groups in total. The van der Waals surface area contributed by atoms with E-state index in [0.29, 0.717) is 31.1 Å². The van der Waals surface area contributed by atoms with Crippen LogP contribution in [0.4, 0.5) is 6.01 Å². The first-order valence-corrected chi connectivity index (χ1v) is 13.4. The fourth-order valence-electron chi connectivity index (χ4n) is 3.87. The molecule has 35 heavy (non-hydrogen) atoms. The van der Waals surface area contributed by atoms with Crippen LogP contribution in [0.3, 0.4) is 0 Å². The lowest BCUT2D eigenvalue weighted by Gasteiger charge is -2.21. The minimum Gasteiger partial charge on any atom is -0.407 e. The van der Waals surface area contributed by atoms with Crippen molar-refractivity contribution in [2.75, 3.05) is 10.8 Å². The van der Waals surface area contributed by atoms with E-state index in [1.54, 1.807) is 18.3 Å². The van der Waals surface area contributed by atoms with E-state index in [1.807, 2.05) is 57.5 Å². The molecule has 9 nitrogen and oxygen atoms in total. The maximum atomic E-state index is 13.6. The molecule has 0 unspecified atom stereocenters. The highest BCUT2D eigenvalue weighted by atomic mass is 32.2. The summed E-state index contributed by atoms with van der Waals surface area (Å²) in [5, 5.41) is 8.05. The molecule has 10 heteroatoms. The Labute approximate surface area is 206 Å². The Balaban J connectivity index is 1.61. The first-order valence-electron chi connectivity index (χ1n) is 11.9. The molecule has 3 heterocycles. The molecule has 4 rings (SSSR count). The number of aromatic nitrogens is 5. The van der Waals surface area contributed by atoms with Gasteiger partial charge in [0.2, 0.25) is 5.89 Å². The van der Waals surface area contributed by atoms with Gasteiger partial charge in [0, 0.05) is 32.6 Å². The third-order valence-corrected chi connectivity index (χ3v) is 7.81. The molecule has 0 radical (unpaired) electrons. The summed E-state index contributed by atoms with van der Waals surface area (Å²) in [6.45, 7) is 8.33. The number of hydrogen-bond donors (Lipinski definition) is 0. The third-order valence-electron chi connectivity index (χ3n) is 6.02. The maximum Gasteiger partial charge on any atom is 0.332 e. The minimum absolute atomic E-state index is 0.0135. The smallest absolute Gasteiger partial charge is 0.332 e. The highest BCUT2D eigenvalue weighted by Gasteiger charge is 2.29. The summed E-state index contributed by atoms with van der Waals surface area (Å²) in [4.78, 5) is 9.35. The van der Waals surface area contributed by atoms with Gasteiger partial charge in [-0.1, -0.05) is 38.0 Å². The number of fused-ring (bicyclic) bond motifs is 1. The van der Waals surface area contributed by atoms with Gasteiger partial charge in [-0.25, -0.2) is 17.7 Å². The highest BCUT2D eigenvalue weighted by molar-refractivity contribution is 7.92. The summed E-state index contributed by atoms with van der Waals surface area (Å²) in [5.41, 5.74) is 3.69. The van der Waals surface area contributed by atoms with E-state index in [4.69, 9.17) is 4.42 Å². The van der Waals surface area contributed by atoms with Crippen LogP contribution in [0.5, 0.6) is 0 Å². The summed E-state index contributed by atoms with van der Waals surface area (Å²) in [6.07, 6.45) is 4.44. The highest BCUT2D eigenvalue weighted by Crippen LogP contribution is 2.26. The quantitative estimate of drug-likeness (QED) is 0.319. The van der Waals surface area contributed by atoms with E-state index in [1.165, 1.54) is 4.31 Å². The summed E-state index contributed by atoms with van der Waals surface area (Å²) in [6, 6.07) is 8.85. The summed E-state index contributed by atoms with van der Waals surface area (Å²) < 4.78 is 36.1. The van der Waals surface area contributed by atoms with Gasteiger partial charge in [-0.05, 0) is 49.4 Å². The van der Waals surface area contributed by atoms with Crippen molar-refractivity contribution in [3.05, 3.63) is 59.5 Å². The van der Waals surface area contributed by atoms with E-state index < -0.39 is 10.0 Å². The second-order valence-electron chi connectivity index (χ2n) is 9.15. The predicted molar refractivity (Wildman–Crippen MR) is 135 cm³/mol. The zero-order chi connectivity index (χ0) is 25.2. The van der Waals surface area contributed by atoms with Crippen molar-refractivity contribution in [1.29, 1.82) is 0 Å². The van der Waals surface area contributed by atoms with Crippen molar-refractivity contribution in [3.8, 4) is 0 Å². The molecular formula is C25H32N6O3S. The average molecular weight is 497 g/mol. The molecule has 4 aromatic rings. The zero-order valence-corrected chi connectivity index (χ0v) is 21.7. The van der Waals surface area contributed by atoms with Crippen molar-refractivity contribution in [2.24, 2.45) is 13.0 Å². The number of anilines is 1. The van der Waals surface area contributed by atoms with Crippen molar-refractivity contribution in [3.63, 3.8) is 0 Å². The molecular weight excluding hydrogens is 464 g/mol. The number of sulfonamides is 1. The van der Waals surface area contributed by atoms with Gasteiger partial charge in [-0.3, -0.25) is 4.98 Å². The Bertz CT molecular complexity index is 1410. The van der Waals surface area contributed by atoms with Crippen LogP contribution in [0, 0.1) is 12.8 Å². The SMILES string of the molecule is CCCc1nnc(N(CCC(C)C)S(=O)(=O)c2ccc(Cc3nccc4c3nc(C)n4C)cc2)o1. The van der Waals surface area contributed by atoms with Crippen LogP contribution < -0.4 is 4.31 Å². The molecule has 0 saturated heterocycles. The molecule has 0 spiro atoms. The largest absolute Gasteiger partial charge is 0.407 e. The van der Waals surface area contributed by atoms with Gasteiger partial charge in [-0.15, -0.1) is 5.10 Å². The van der Waals surface area contributed by atoms with Gasteiger partial charge in [0.05, 0.1) is 16.1 Å². The first kappa shape index (κ1) is 24.8. The van der Waals surface area contributed by atoms with Crippen LogP contribution >= 0.6 is 0 Å². The lowest BCUT2D eigenvalue weighted by atomic mass is 10.1. The Morgan fingerprint density at radius 2 is 1.86 bits per heavy atom. The van der Waals surface area contributed by atoms with Gasteiger partial charge in [0.1, 0.15) is 11.3 Å². The summed E-state index contributed by atoms with van der Waals surface area (Å²) in [7, 11) is -1.89. The summed E-state index contributed by atoms with van der Waals surface area (Å²) >= 11 is 0. The second-order valence-corrected chi connectivity index (χ2v) is 11.0. The lowest BCUT2D eigenvalue weighted by molar-refractivity contribution is 0.483. The van der Waals surface area contributed by atoms with E-state index in [9.17, 15) is 8.42 Å². The molecule has 0 aliphatic heterocycles. The molecule has 186 valence electrons. The number of nitrogens with zero attached hydrogens (tertiary/aromatic N) is 6. The molecule has 0 saturated carbocycles. The van der Waals surface area contributed by atoms with Crippen LogP contribution in [0.15, 0.2) is 45.8 Å². The number of pyridine rings is 1. The molecule has 0 aliphatic rings. The number of aryl methyl sites for hydroxylation is 3. The molecule has 1 aromatic carbocycles. The standard InChI is InChI=1S/C25H32N6O3S/c1-6-7-23-28-29-25(34-23)31(15-13-17(2)3)35(32,33)20-10-8-19(9-11-20)16-21-24-22(12-14-26-21)30(5)18(4)27-24/h8-12,14,17H,6-7,13,15-16H2,1-5H3. The van der Waals surface area contributed by atoms with E-state index in [-0.39, 0.29) is 17.5 Å². The number of rotatable bonds is 10. The third kappa shape index (κ3) is 5.22. The van der Waals surface area contributed by atoms with Crippen LogP contribution in [-0.4, -0.2) is 39.7 Å². The fraction of sp³-hybridized carbons (Fsp3) is 0.440. The number of imidazole rings is 1. The average Bonchev–Trinajstić information content (AvgIpc) is 3.39. The van der Waals surface area contributed by atoms with E-state index >= 15 is 0 Å². The fourth-order valence-corrected chi connectivity index (χ4v) is 5.23. The van der Waals surface area contributed by atoms with Crippen LogP contribution in [0.25, 0.3) is 11.0 Å². The van der Waals surface area contributed by atoms with E-state index in [0.717, 1.165) is 34.5 Å².